The van der Waals surface area contributed by atoms with Crippen LogP contribution in [0.3, 0.4) is 0 Å². The van der Waals surface area contributed by atoms with Crippen LogP contribution in [0.5, 0.6) is 5.75 Å². The lowest BCUT2D eigenvalue weighted by Crippen LogP contribution is -1.98. The van der Waals surface area contributed by atoms with Crippen LogP contribution >= 0.6 is 11.8 Å². The van der Waals surface area contributed by atoms with E-state index in [9.17, 15) is 5.11 Å². The molecule has 25 heavy (non-hydrogen) atoms. The first kappa shape index (κ1) is 15.6. The van der Waals surface area contributed by atoms with Gasteiger partial charge in [0.15, 0.2) is 0 Å². The number of phenols is 1. The number of thioether (sulfide) groups is 1. The molecule has 0 saturated heterocycles. The van der Waals surface area contributed by atoms with E-state index in [1.54, 1.807) is 28.9 Å². The molecule has 0 aliphatic rings. The lowest BCUT2D eigenvalue weighted by molar-refractivity contribution is 0.475. The Morgan fingerprint density at radius 2 is 1.92 bits per heavy atom. The lowest BCUT2D eigenvalue weighted by atomic mass is 10.3. The molecule has 9 heteroatoms. The monoisotopic (exact) mass is 353 g/mol. The Morgan fingerprint density at radius 3 is 2.72 bits per heavy atom. The van der Waals surface area contributed by atoms with Crippen molar-refractivity contribution in [2.75, 3.05) is 0 Å². The van der Waals surface area contributed by atoms with Gasteiger partial charge in [0.05, 0.1) is 11.4 Å². The fourth-order valence-electron chi connectivity index (χ4n) is 2.55. The molecule has 0 unspecified atom stereocenters. The van der Waals surface area contributed by atoms with Crippen molar-refractivity contribution in [1.82, 2.24) is 34.6 Å². The third kappa shape index (κ3) is 3.05. The largest absolute Gasteiger partial charge is 0.508 e. The highest BCUT2D eigenvalue weighted by atomic mass is 32.2. The minimum Gasteiger partial charge on any atom is -0.508 e. The van der Waals surface area contributed by atoms with Crippen LogP contribution in [-0.2, 0) is 5.75 Å². The molecule has 0 atom stereocenters. The van der Waals surface area contributed by atoms with E-state index in [1.807, 2.05) is 30.5 Å². The summed E-state index contributed by atoms with van der Waals surface area (Å²) in [6.45, 7) is 3.99. The van der Waals surface area contributed by atoms with Crippen molar-refractivity contribution in [2.45, 2.75) is 24.8 Å². The number of aromatic hydroxyl groups is 1. The zero-order valence-electron chi connectivity index (χ0n) is 13.7. The first-order chi connectivity index (χ1) is 12.1. The molecule has 0 saturated carbocycles. The number of fused-ring (bicyclic) bond motifs is 1. The molecule has 8 nitrogen and oxygen atoms in total. The van der Waals surface area contributed by atoms with E-state index in [-0.39, 0.29) is 5.75 Å². The van der Waals surface area contributed by atoms with Gasteiger partial charge in [-0.15, -0.1) is 5.10 Å². The number of benzene rings is 1. The highest BCUT2D eigenvalue weighted by Crippen LogP contribution is 2.23. The van der Waals surface area contributed by atoms with Gasteiger partial charge in [-0.25, -0.2) is 9.97 Å². The van der Waals surface area contributed by atoms with Crippen LogP contribution in [-0.4, -0.2) is 39.7 Å². The molecule has 4 rings (SSSR count). The van der Waals surface area contributed by atoms with Gasteiger partial charge in [-0.2, -0.15) is 4.68 Å². The topological polar surface area (TPSA) is 94.0 Å². The van der Waals surface area contributed by atoms with Gasteiger partial charge in [0.25, 0.3) is 0 Å². The maximum Gasteiger partial charge on any atom is 0.234 e. The highest BCUT2D eigenvalue weighted by molar-refractivity contribution is 7.98. The Kier molecular flexibility index (Phi) is 3.85. The number of aromatic nitrogens is 7. The number of imidazole rings is 1. The molecule has 3 aromatic heterocycles. The Morgan fingerprint density at radius 1 is 1.12 bits per heavy atom. The normalized spacial score (nSPS) is 11.3. The van der Waals surface area contributed by atoms with Crippen molar-refractivity contribution in [3.8, 4) is 11.4 Å². The molecule has 0 radical (unpaired) electrons. The number of rotatable bonds is 4. The fraction of sp³-hybridized carbons (Fsp3) is 0.188. The van der Waals surface area contributed by atoms with Gasteiger partial charge in [-0.3, -0.25) is 4.40 Å². The minimum absolute atomic E-state index is 0.203. The maximum atomic E-state index is 9.40. The first-order valence-corrected chi connectivity index (χ1v) is 8.61. The third-order valence-electron chi connectivity index (χ3n) is 3.70. The number of phenolic OH excluding ortho intramolecular Hbond substituents is 1. The number of aryl methyl sites for hydroxylation is 2. The van der Waals surface area contributed by atoms with Crippen LogP contribution in [0.15, 0.2) is 41.7 Å². The van der Waals surface area contributed by atoms with E-state index in [1.165, 1.54) is 11.8 Å². The van der Waals surface area contributed by atoms with E-state index in [2.05, 4.69) is 25.5 Å². The van der Waals surface area contributed by atoms with Gasteiger partial charge in [-0.05, 0) is 54.6 Å². The number of tetrazole rings is 1. The van der Waals surface area contributed by atoms with Crippen LogP contribution < -0.4 is 0 Å². The van der Waals surface area contributed by atoms with Crippen molar-refractivity contribution >= 4 is 17.5 Å². The quantitative estimate of drug-likeness (QED) is 0.563. The van der Waals surface area contributed by atoms with Crippen molar-refractivity contribution in [2.24, 2.45) is 0 Å². The average Bonchev–Trinajstić information content (AvgIpc) is 3.20. The molecule has 0 spiro atoms. The fourth-order valence-corrected chi connectivity index (χ4v) is 3.33. The second-order valence-corrected chi connectivity index (χ2v) is 6.56. The summed E-state index contributed by atoms with van der Waals surface area (Å²) in [4.78, 5) is 9.02. The van der Waals surface area contributed by atoms with E-state index in [0.717, 1.165) is 22.8 Å². The standard InChI is InChI=1S/C16H15N7OS/c1-10-7-11(2)22-8-12(18-15(22)17-10)9-25-16-19-20-21-23(16)13-3-5-14(24)6-4-13/h3-8,24H,9H2,1-2H3. The molecule has 1 N–H and O–H groups in total. The minimum atomic E-state index is 0.203. The van der Waals surface area contributed by atoms with Crippen LogP contribution in [0.1, 0.15) is 17.1 Å². The number of hydrogen-bond acceptors (Lipinski definition) is 7. The van der Waals surface area contributed by atoms with Crippen LogP contribution in [0, 0.1) is 13.8 Å². The molecule has 4 aromatic rings. The molecule has 1 aromatic carbocycles. The SMILES string of the molecule is Cc1cc(C)n2cc(CSc3nnnn3-c3ccc(O)cc3)nc2n1. The second-order valence-electron chi connectivity index (χ2n) is 5.62. The van der Waals surface area contributed by atoms with Crippen molar-refractivity contribution in [1.29, 1.82) is 0 Å². The molecule has 0 aliphatic carbocycles. The van der Waals surface area contributed by atoms with E-state index in [0.29, 0.717) is 16.7 Å². The zero-order valence-corrected chi connectivity index (χ0v) is 14.5. The Balaban J connectivity index is 1.57. The molecule has 0 fully saturated rings. The number of nitrogens with zero attached hydrogens (tertiary/aromatic N) is 7. The second kappa shape index (κ2) is 6.17. The summed E-state index contributed by atoms with van der Waals surface area (Å²) in [6.07, 6.45) is 1.98. The molecule has 0 aliphatic heterocycles. The predicted octanol–water partition coefficient (Wildman–Crippen LogP) is 2.32. The smallest absolute Gasteiger partial charge is 0.234 e. The van der Waals surface area contributed by atoms with Gasteiger partial charge in [0.2, 0.25) is 10.9 Å². The Labute approximate surface area is 147 Å². The Hall–Kier alpha value is -2.94. The van der Waals surface area contributed by atoms with Crippen molar-refractivity contribution in [3.05, 3.63) is 53.6 Å². The van der Waals surface area contributed by atoms with Gasteiger partial charge in [-0.1, -0.05) is 11.8 Å². The average molecular weight is 353 g/mol. The first-order valence-electron chi connectivity index (χ1n) is 7.63. The van der Waals surface area contributed by atoms with Gasteiger partial charge >= 0.3 is 0 Å². The third-order valence-corrected chi connectivity index (χ3v) is 4.65. The molecular formula is C16H15N7OS. The predicted molar refractivity (Wildman–Crippen MR) is 92.8 cm³/mol. The number of hydrogen-bond donors (Lipinski definition) is 1. The molecule has 3 heterocycles. The summed E-state index contributed by atoms with van der Waals surface area (Å²) in [5, 5.41) is 21.9. The van der Waals surface area contributed by atoms with Crippen LogP contribution in [0.2, 0.25) is 0 Å². The lowest BCUT2D eigenvalue weighted by Gasteiger charge is -2.03. The van der Waals surface area contributed by atoms with Gasteiger partial charge in [0, 0.05) is 23.3 Å². The van der Waals surface area contributed by atoms with E-state index in [4.69, 9.17) is 0 Å². The summed E-state index contributed by atoms with van der Waals surface area (Å²) >= 11 is 1.49. The van der Waals surface area contributed by atoms with Crippen LogP contribution in [0.25, 0.3) is 11.5 Å². The van der Waals surface area contributed by atoms with Crippen molar-refractivity contribution < 1.29 is 5.11 Å². The molecule has 0 bridgehead atoms. The van der Waals surface area contributed by atoms with Gasteiger partial charge < -0.3 is 5.11 Å². The summed E-state index contributed by atoms with van der Waals surface area (Å²) in [5.41, 5.74) is 3.74. The summed E-state index contributed by atoms with van der Waals surface area (Å²) < 4.78 is 3.61. The summed E-state index contributed by atoms with van der Waals surface area (Å²) in [5.74, 6) is 1.53. The molecular weight excluding hydrogens is 338 g/mol. The Bertz CT molecular complexity index is 1040. The highest BCUT2D eigenvalue weighted by Gasteiger charge is 2.12. The summed E-state index contributed by atoms with van der Waals surface area (Å²) in [6, 6.07) is 8.75. The van der Waals surface area contributed by atoms with Crippen LogP contribution in [0.4, 0.5) is 0 Å². The van der Waals surface area contributed by atoms with E-state index < -0.39 is 0 Å². The van der Waals surface area contributed by atoms with E-state index >= 15 is 0 Å². The zero-order chi connectivity index (χ0) is 17.4. The molecule has 0 amide bonds. The summed E-state index contributed by atoms with van der Waals surface area (Å²) in [7, 11) is 0. The van der Waals surface area contributed by atoms with Gasteiger partial charge in [0.1, 0.15) is 5.75 Å². The molecule has 126 valence electrons. The van der Waals surface area contributed by atoms with Crippen molar-refractivity contribution in [3.63, 3.8) is 0 Å². The maximum absolute atomic E-state index is 9.40.